The van der Waals surface area contributed by atoms with E-state index < -0.39 is 10.0 Å². The van der Waals surface area contributed by atoms with Crippen molar-refractivity contribution < 1.29 is 23.0 Å². The van der Waals surface area contributed by atoms with Gasteiger partial charge in [-0.3, -0.25) is 9.21 Å². The Morgan fingerprint density at radius 3 is 2.26 bits per heavy atom. The Kier molecular flexibility index (Phi) is 7.59. The second kappa shape index (κ2) is 10.8. The van der Waals surface area contributed by atoms with E-state index in [1.54, 1.807) is 60.7 Å². The second-order valence-electron chi connectivity index (χ2n) is 8.25. The first-order chi connectivity index (χ1) is 16.5. The summed E-state index contributed by atoms with van der Waals surface area (Å²) in [7, 11) is -2.35. The summed E-state index contributed by atoms with van der Waals surface area (Å²) in [5.41, 5.74) is 1.18. The van der Waals surface area contributed by atoms with Crippen molar-refractivity contribution in [2.75, 3.05) is 37.7 Å². The number of sulfonamides is 1. The molecule has 3 aromatic carbocycles. The first kappa shape index (κ1) is 23.9. The summed E-state index contributed by atoms with van der Waals surface area (Å²) < 4.78 is 39.6. The highest BCUT2D eigenvalue weighted by atomic mass is 32.2. The van der Waals surface area contributed by atoms with Crippen LogP contribution in [0.2, 0.25) is 0 Å². The van der Waals surface area contributed by atoms with Gasteiger partial charge in [-0.15, -0.1) is 0 Å². The quantitative estimate of drug-likeness (QED) is 0.465. The van der Waals surface area contributed by atoms with Crippen LogP contribution in [0.25, 0.3) is 0 Å². The number of phenols is 1. The topological polar surface area (TPSA) is 79.3 Å². The van der Waals surface area contributed by atoms with Gasteiger partial charge in [0, 0.05) is 6.54 Å². The number of benzene rings is 3. The fourth-order valence-corrected chi connectivity index (χ4v) is 5.47. The Labute approximate surface area is 201 Å². The van der Waals surface area contributed by atoms with Crippen LogP contribution in [-0.2, 0) is 16.6 Å². The molecule has 0 atom stereocenters. The molecule has 7 nitrogen and oxygen atoms in total. The number of hydrogen-bond donors (Lipinski definition) is 1. The summed E-state index contributed by atoms with van der Waals surface area (Å²) in [6, 6.07) is 20.0. The molecular formula is C26H30N2O5S. The largest absolute Gasteiger partial charge is 0.508 e. The SMILES string of the molecule is COc1ccc(S(=O)(=O)N(Cc2cccc(O)c2)c2ccc(OCCN3CCCC3)cc2)cc1. The number of aromatic hydroxyl groups is 1. The van der Waals surface area contributed by atoms with Crippen LogP contribution < -0.4 is 13.8 Å². The molecule has 0 amide bonds. The average Bonchev–Trinajstić information content (AvgIpc) is 3.37. The molecule has 0 radical (unpaired) electrons. The molecule has 1 aliphatic heterocycles. The van der Waals surface area contributed by atoms with Gasteiger partial charge in [-0.05, 0) is 92.2 Å². The molecule has 3 aromatic rings. The molecule has 0 saturated carbocycles. The number of anilines is 1. The fourth-order valence-electron chi connectivity index (χ4n) is 4.02. The van der Waals surface area contributed by atoms with Crippen LogP contribution in [0.15, 0.2) is 77.7 Å². The summed E-state index contributed by atoms with van der Waals surface area (Å²) in [6.45, 7) is 3.79. The molecular weight excluding hydrogens is 452 g/mol. The molecule has 0 unspecified atom stereocenters. The lowest BCUT2D eigenvalue weighted by atomic mass is 10.2. The third-order valence-electron chi connectivity index (χ3n) is 5.88. The molecule has 1 aliphatic rings. The zero-order valence-electron chi connectivity index (χ0n) is 19.3. The maximum atomic E-state index is 13.6. The van der Waals surface area contributed by atoms with Gasteiger partial charge in [0.2, 0.25) is 0 Å². The van der Waals surface area contributed by atoms with Gasteiger partial charge in [0.1, 0.15) is 23.9 Å². The van der Waals surface area contributed by atoms with Gasteiger partial charge in [0.25, 0.3) is 10.0 Å². The van der Waals surface area contributed by atoms with Gasteiger partial charge in [-0.2, -0.15) is 0 Å². The van der Waals surface area contributed by atoms with E-state index in [0.717, 1.165) is 19.6 Å². The number of rotatable bonds is 10. The Balaban J connectivity index is 1.56. The van der Waals surface area contributed by atoms with Gasteiger partial charge in [-0.25, -0.2) is 8.42 Å². The highest BCUT2D eigenvalue weighted by Crippen LogP contribution is 2.29. The van der Waals surface area contributed by atoms with Gasteiger partial charge in [0.15, 0.2) is 0 Å². The predicted octanol–water partition coefficient (Wildman–Crippen LogP) is 4.27. The van der Waals surface area contributed by atoms with E-state index >= 15 is 0 Å². The summed E-state index contributed by atoms with van der Waals surface area (Å²) in [6.07, 6.45) is 2.48. The van der Waals surface area contributed by atoms with E-state index in [1.165, 1.54) is 36.4 Å². The lowest BCUT2D eigenvalue weighted by Crippen LogP contribution is -2.30. The van der Waals surface area contributed by atoms with Crippen molar-refractivity contribution in [3.05, 3.63) is 78.4 Å². The molecule has 1 heterocycles. The molecule has 1 fully saturated rings. The number of ether oxygens (including phenoxy) is 2. The second-order valence-corrected chi connectivity index (χ2v) is 10.1. The molecule has 34 heavy (non-hydrogen) atoms. The minimum Gasteiger partial charge on any atom is -0.508 e. The van der Waals surface area contributed by atoms with Gasteiger partial charge in [-0.1, -0.05) is 12.1 Å². The number of likely N-dealkylation sites (tertiary alicyclic amines) is 1. The van der Waals surface area contributed by atoms with E-state index in [1.807, 2.05) is 0 Å². The van der Waals surface area contributed by atoms with E-state index in [0.29, 0.717) is 29.4 Å². The Hall–Kier alpha value is -3.23. The lowest BCUT2D eigenvalue weighted by Gasteiger charge is -2.25. The lowest BCUT2D eigenvalue weighted by molar-refractivity contribution is 0.238. The van der Waals surface area contributed by atoms with Crippen LogP contribution in [0.3, 0.4) is 0 Å². The summed E-state index contributed by atoms with van der Waals surface area (Å²) in [4.78, 5) is 2.53. The van der Waals surface area contributed by atoms with Gasteiger partial charge < -0.3 is 14.6 Å². The number of methoxy groups -OCH3 is 1. The Morgan fingerprint density at radius 2 is 1.62 bits per heavy atom. The minimum absolute atomic E-state index is 0.0674. The molecule has 1 N–H and O–H groups in total. The molecule has 1 saturated heterocycles. The van der Waals surface area contributed by atoms with E-state index in [-0.39, 0.29) is 17.2 Å². The Bertz CT molecular complexity index is 1170. The maximum absolute atomic E-state index is 13.6. The minimum atomic E-state index is -3.88. The van der Waals surface area contributed by atoms with Crippen LogP contribution in [0.5, 0.6) is 17.2 Å². The smallest absolute Gasteiger partial charge is 0.264 e. The van der Waals surface area contributed by atoms with Crippen LogP contribution in [0.1, 0.15) is 18.4 Å². The van der Waals surface area contributed by atoms with Crippen molar-refractivity contribution >= 4 is 15.7 Å². The van der Waals surface area contributed by atoms with Crippen LogP contribution >= 0.6 is 0 Å². The van der Waals surface area contributed by atoms with E-state index in [9.17, 15) is 13.5 Å². The first-order valence-electron chi connectivity index (χ1n) is 11.4. The van der Waals surface area contributed by atoms with E-state index in [2.05, 4.69) is 4.90 Å². The predicted molar refractivity (Wildman–Crippen MR) is 132 cm³/mol. The summed E-state index contributed by atoms with van der Waals surface area (Å²) >= 11 is 0. The highest BCUT2D eigenvalue weighted by Gasteiger charge is 2.25. The van der Waals surface area contributed by atoms with Gasteiger partial charge >= 0.3 is 0 Å². The number of hydrogen-bond acceptors (Lipinski definition) is 6. The summed E-state index contributed by atoms with van der Waals surface area (Å²) in [5.74, 6) is 1.36. The van der Waals surface area contributed by atoms with Crippen molar-refractivity contribution in [1.29, 1.82) is 0 Å². The van der Waals surface area contributed by atoms with Crippen molar-refractivity contribution in [1.82, 2.24) is 4.90 Å². The van der Waals surface area contributed by atoms with Crippen LogP contribution in [0, 0.1) is 0 Å². The van der Waals surface area contributed by atoms with E-state index in [4.69, 9.17) is 9.47 Å². The zero-order valence-corrected chi connectivity index (χ0v) is 20.1. The molecule has 180 valence electrons. The highest BCUT2D eigenvalue weighted by molar-refractivity contribution is 7.92. The third-order valence-corrected chi connectivity index (χ3v) is 7.67. The Morgan fingerprint density at radius 1 is 0.941 bits per heavy atom. The molecule has 8 heteroatoms. The monoisotopic (exact) mass is 482 g/mol. The standard InChI is InChI=1S/C26H30N2O5S/c1-32-24-11-13-26(14-12-24)34(30,31)28(20-21-5-4-6-23(29)19-21)22-7-9-25(10-8-22)33-18-17-27-15-2-3-16-27/h4-14,19,29H,2-3,15-18,20H2,1H3. The molecule has 0 aliphatic carbocycles. The first-order valence-corrected chi connectivity index (χ1v) is 12.8. The maximum Gasteiger partial charge on any atom is 0.264 e. The van der Waals surface area contributed by atoms with Crippen molar-refractivity contribution in [3.63, 3.8) is 0 Å². The number of nitrogens with zero attached hydrogens (tertiary/aromatic N) is 2. The molecule has 4 rings (SSSR count). The van der Waals surface area contributed by atoms with Crippen molar-refractivity contribution in [2.45, 2.75) is 24.3 Å². The molecule has 0 spiro atoms. The normalized spacial score (nSPS) is 14.1. The van der Waals surface area contributed by atoms with Crippen molar-refractivity contribution in [2.24, 2.45) is 0 Å². The molecule has 0 bridgehead atoms. The van der Waals surface area contributed by atoms with Crippen molar-refractivity contribution in [3.8, 4) is 17.2 Å². The average molecular weight is 483 g/mol. The van der Waals surface area contributed by atoms with Gasteiger partial charge in [0.05, 0.1) is 24.2 Å². The third kappa shape index (κ3) is 5.81. The number of phenolic OH excluding ortho intramolecular Hbond substituents is 1. The van der Waals surface area contributed by atoms with Crippen LogP contribution in [-0.4, -0.2) is 51.8 Å². The fraction of sp³-hybridized carbons (Fsp3) is 0.308. The van der Waals surface area contributed by atoms with Crippen LogP contribution in [0.4, 0.5) is 5.69 Å². The zero-order chi connectivity index (χ0) is 24.0. The molecule has 0 aromatic heterocycles. The summed E-state index contributed by atoms with van der Waals surface area (Å²) in [5, 5.41) is 9.87.